The van der Waals surface area contributed by atoms with E-state index in [1.807, 2.05) is 66.9 Å². The summed E-state index contributed by atoms with van der Waals surface area (Å²) in [5, 5.41) is 18.6. The van der Waals surface area contributed by atoms with Crippen LogP contribution in [0.1, 0.15) is 21.9 Å². The molecule has 4 aromatic rings. The molecule has 0 aliphatic carbocycles. The van der Waals surface area contributed by atoms with Crippen LogP contribution in [-0.4, -0.2) is 39.1 Å². The van der Waals surface area contributed by atoms with Crippen molar-refractivity contribution in [1.29, 1.82) is 0 Å². The number of hydrogen-bond donors (Lipinski definition) is 1. The van der Waals surface area contributed by atoms with Crippen molar-refractivity contribution in [3.63, 3.8) is 0 Å². The molecular formula is C25H21N3O3S2. The van der Waals surface area contributed by atoms with Crippen LogP contribution in [0.2, 0.25) is 0 Å². The number of aliphatic carboxylic acids is 1. The number of carboxylic acids is 1. The van der Waals surface area contributed by atoms with Gasteiger partial charge < -0.3 is 5.11 Å². The predicted molar refractivity (Wildman–Crippen MR) is 132 cm³/mol. The number of aryl methyl sites for hydroxylation is 1. The van der Waals surface area contributed by atoms with Gasteiger partial charge in [-0.1, -0.05) is 48.0 Å². The second-order valence-electron chi connectivity index (χ2n) is 7.82. The average molecular weight is 476 g/mol. The minimum Gasteiger partial charge on any atom is -0.480 e. The molecule has 0 fully saturated rings. The standard InChI is InChI=1S/C25H21N3O3S2/c1-16-7-9-19(10-8-16)28-25-22(23(26-28)17-5-3-2-4-6-17)24(18-11-12-32-14-18)33-15-20(29)27(25)13-21(30)31/h2-12,14,24H,13,15H2,1H3,(H,30,31). The number of benzene rings is 2. The van der Waals surface area contributed by atoms with E-state index in [-0.39, 0.29) is 16.9 Å². The Hall–Kier alpha value is -3.36. The van der Waals surface area contributed by atoms with Crippen LogP contribution in [0.5, 0.6) is 0 Å². The van der Waals surface area contributed by atoms with Gasteiger partial charge in [0.2, 0.25) is 5.91 Å². The molecule has 0 saturated heterocycles. The van der Waals surface area contributed by atoms with Crippen LogP contribution >= 0.6 is 23.1 Å². The van der Waals surface area contributed by atoms with Gasteiger partial charge in [-0.05, 0) is 41.4 Å². The van der Waals surface area contributed by atoms with E-state index in [1.165, 1.54) is 16.7 Å². The molecule has 1 unspecified atom stereocenters. The summed E-state index contributed by atoms with van der Waals surface area (Å²) < 4.78 is 1.73. The minimum atomic E-state index is -1.06. The van der Waals surface area contributed by atoms with E-state index in [9.17, 15) is 14.7 Å². The number of anilines is 1. The SMILES string of the molecule is Cc1ccc(-n2nc(-c3ccccc3)c3c2N(CC(=O)O)C(=O)CSC3c2ccsc2)cc1. The van der Waals surface area contributed by atoms with Gasteiger partial charge in [0.25, 0.3) is 0 Å². The normalized spacial score (nSPS) is 15.8. The summed E-state index contributed by atoms with van der Waals surface area (Å²) in [7, 11) is 0. The fourth-order valence-corrected chi connectivity index (χ4v) is 5.98. The maximum Gasteiger partial charge on any atom is 0.323 e. The van der Waals surface area contributed by atoms with E-state index >= 15 is 0 Å². The molecule has 8 heteroatoms. The van der Waals surface area contributed by atoms with Crippen molar-refractivity contribution in [1.82, 2.24) is 9.78 Å². The Bertz CT molecular complexity index is 1300. The van der Waals surface area contributed by atoms with Crippen LogP contribution in [-0.2, 0) is 9.59 Å². The number of carbonyl (C=O) groups excluding carboxylic acids is 1. The lowest BCUT2D eigenvalue weighted by Gasteiger charge is -2.21. The van der Waals surface area contributed by atoms with Gasteiger partial charge in [0, 0.05) is 11.1 Å². The summed E-state index contributed by atoms with van der Waals surface area (Å²) in [6.45, 7) is 1.58. The number of amides is 1. The van der Waals surface area contributed by atoms with Gasteiger partial charge in [0.05, 0.1) is 22.4 Å². The number of hydrogen-bond acceptors (Lipinski definition) is 5. The molecule has 6 nitrogen and oxygen atoms in total. The number of fused-ring (bicyclic) bond motifs is 1. The van der Waals surface area contributed by atoms with Crippen molar-refractivity contribution in [3.8, 4) is 16.9 Å². The van der Waals surface area contributed by atoms with Gasteiger partial charge in [0.1, 0.15) is 12.4 Å². The van der Waals surface area contributed by atoms with Crippen LogP contribution in [0.3, 0.4) is 0 Å². The van der Waals surface area contributed by atoms with Crippen LogP contribution < -0.4 is 4.90 Å². The highest BCUT2D eigenvalue weighted by Gasteiger charge is 2.37. The zero-order valence-electron chi connectivity index (χ0n) is 17.8. The number of nitrogens with zero attached hydrogens (tertiary/aromatic N) is 3. The number of carbonyl (C=O) groups is 2. The second kappa shape index (κ2) is 8.88. The molecule has 1 aliphatic heterocycles. The third-order valence-corrected chi connectivity index (χ3v) is 7.51. The van der Waals surface area contributed by atoms with Crippen molar-refractivity contribution in [3.05, 3.63) is 88.1 Å². The third-order valence-electron chi connectivity index (χ3n) is 5.55. The highest BCUT2D eigenvalue weighted by atomic mass is 32.2. The number of rotatable bonds is 5. The summed E-state index contributed by atoms with van der Waals surface area (Å²) in [6, 6.07) is 19.8. The summed E-state index contributed by atoms with van der Waals surface area (Å²) in [6.07, 6.45) is 0. The maximum atomic E-state index is 13.2. The Morgan fingerprint density at radius 1 is 1.12 bits per heavy atom. The maximum absolute atomic E-state index is 13.2. The van der Waals surface area contributed by atoms with Gasteiger partial charge in [-0.15, -0.1) is 11.8 Å². The lowest BCUT2D eigenvalue weighted by atomic mass is 10.0. The largest absolute Gasteiger partial charge is 0.480 e. The Labute approximate surface area is 199 Å². The molecule has 33 heavy (non-hydrogen) atoms. The highest BCUT2D eigenvalue weighted by Crippen LogP contribution is 2.48. The molecule has 166 valence electrons. The van der Waals surface area contributed by atoms with E-state index in [2.05, 4.69) is 11.4 Å². The van der Waals surface area contributed by atoms with Gasteiger partial charge in [-0.2, -0.15) is 16.4 Å². The molecule has 1 N–H and O–H groups in total. The predicted octanol–water partition coefficient (Wildman–Crippen LogP) is 5.16. The fraction of sp³-hybridized carbons (Fsp3) is 0.160. The van der Waals surface area contributed by atoms with Gasteiger partial charge in [-0.25, -0.2) is 4.68 Å². The number of thioether (sulfide) groups is 1. The molecule has 1 aliphatic rings. The lowest BCUT2D eigenvalue weighted by molar-refractivity contribution is -0.136. The van der Waals surface area contributed by atoms with Crippen LogP contribution in [0.15, 0.2) is 71.4 Å². The summed E-state index contributed by atoms with van der Waals surface area (Å²) in [4.78, 5) is 26.4. The molecule has 0 radical (unpaired) electrons. The molecule has 1 atom stereocenters. The lowest BCUT2D eigenvalue weighted by Crippen LogP contribution is -2.38. The van der Waals surface area contributed by atoms with Crippen molar-refractivity contribution in [2.75, 3.05) is 17.2 Å². The molecule has 5 rings (SSSR count). The summed E-state index contributed by atoms with van der Waals surface area (Å²) >= 11 is 3.11. The van der Waals surface area contributed by atoms with E-state index in [4.69, 9.17) is 5.10 Å². The number of aromatic nitrogens is 2. The van der Waals surface area contributed by atoms with Gasteiger partial charge >= 0.3 is 5.97 Å². The number of carboxylic acid groups (broad SMARTS) is 1. The third kappa shape index (κ3) is 4.07. The first-order valence-electron chi connectivity index (χ1n) is 10.4. The Morgan fingerprint density at radius 3 is 2.55 bits per heavy atom. The zero-order chi connectivity index (χ0) is 22.9. The zero-order valence-corrected chi connectivity index (χ0v) is 19.5. The molecule has 2 aromatic heterocycles. The molecular weight excluding hydrogens is 454 g/mol. The summed E-state index contributed by atoms with van der Waals surface area (Å²) in [5.74, 6) is -0.600. The Balaban J connectivity index is 1.84. The van der Waals surface area contributed by atoms with Crippen molar-refractivity contribution < 1.29 is 14.7 Å². The van der Waals surface area contributed by atoms with Crippen molar-refractivity contribution in [2.45, 2.75) is 12.2 Å². The highest BCUT2D eigenvalue weighted by molar-refractivity contribution is 8.00. The van der Waals surface area contributed by atoms with Crippen LogP contribution in [0.4, 0.5) is 5.82 Å². The smallest absolute Gasteiger partial charge is 0.323 e. The number of thiophene rings is 1. The Kier molecular flexibility index (Phi) is 5.78. The molecule has 0 spiro atoms. The second-order valence-corrected chi connectivity index (χ2v) is 9.69. The van der Waals surface area contributed by atoms with Crippen molar-refractivity contribution in [2.24, 2.45) is 0 Å². The van der Waals surface area contributed by atoms with Crippen molar-refractivity contribution >= 4 is 40.8 Å². The van der Waals surface area contributed by atoms with Gasteiger partial charge in [0.15, 0.2) is 0 Å². The molecule has 2 aromatic carbocycles. The Morgan fingerprint density at radius 2 is 1.88 bits per heavy atom. The first kappa shape index (κ1) is 21.5. The van der Waals surface area contributed by atoms with E-state index in [0.717, 1.165) is 33.6 Å². The first-order chi connectivity index (χ1) is 16.0. The molecule has 0 bridgehead atoms. The van der Waals surface area contributed by atoms with E-state index in [1.54, 1.807) is 16.0 Å². The topological polar surface area (TPSA) is 75.4 Å². The van der Waals surface area contributed by atoms with Crippen LogP contribution in [0, 0.1) is 6.92 Å². The monoisotopic (exact) mass is 475 g/mol. The first-order valence-corrected chi connectivity index (χ1v) is 12.4. The fourth-order valence-electron chi connectivity index (χ4n) is 4.02. The van der Waals surface area contributed by atoms with Gasteiger partial charge in [-0.3, -0.25) is 14.5 Å². The molecule has 3 heterocycles. The van der Waals surface area contributed by atoms with E-state index < -0.39 is 12.5 Å². The molecule has 0 saturated carbocycles. The van der Waals surface area contributed by atoms with Crippen LogP contribution in [0.25, 0.3) is 16.9 Å². The quantitative estimate of drug-likeness (QED) is 0.431. The average Bonchev–Trinajstić information content (AvgIpc) is 3.45. The summed E-state index contributed by atoms with van der Waals surface area (Å²) in [5.41, 5.74) is 5.49. The molecule has 1 amide bonds. The minimum absolute atomic E-state index is 0.150. The van der Waals surface area contributed by atoms with E-state index in [0.29, 0.717) is 5.82 Å².